The number of hydrogen-bond donors (Lipinski definition) is 2. The van der Waals surface area contributed by atoms with Crippen molar-refractivity contribution >= 4 is 17.8 Å². The second-order valence-corrected chi connectivity index (χ2v) is 3.92. The van der Waals surface area contributed by atoms with Crippen molar-refractivity contribution in [3.05, 3.63) is 17.5 Å². The summed E-state index contributed by atoms with van der Waals surface area (Å²) in [5, 5.41) is 11.6. The van der Waals surface area contributed by atoms with Gasteiger partial charge in [0.25, 0.3) is 0 Å². The average molecular weight is 266 g/mol. The maximum absolute atomic E-state index is 11.8. The molecule has 7 heteroatoms. The van der Waals surface area contributed by atoms with Crippen LogP contribution in [0.1, 0.15) is 29.9 Å². The molecule has 1 amide bonds. The number of aromatic carboxylic acids is 1. The van der Waals surface area contributed by atoms with Crippen LogP contribution in [0, 0.1) is 6.92 Å². The summed E-state index contributed by atoms with van der Waals surface area (Å²) in [5.74, 6) is -0.861. The topological polar surface area (TPSA) is 95.4 Å². The predicted octanol–water partition coefficient (Wildman–Crippen LogP) is 0.764. The fourth-order valence-corrected chi connectivity index (χ4v) is 1.60. The quantitative estimate of drug-likeness (QED) is 0.789. The monoisotopic (exact) mass is 266 g/mol. The second-order valence-electron chi connectivity index (χ2n) is 3.92. The fourth-order valence-electron chi connectivity index (χ4n) is 1.60. The van der Waals surface area contributed by atoms with Gasteiger partial charge >= 0.3 is 5.97 Å². The Morgan fingerprint density at radius 3 is 2.47 bits per heavy atom. The van der Waals surface area contributed by atoms with E-state index in [1.807, 2.05) is 13.8 Å². The summed E-state index contributed by atoms with van der Waals surface area (Å²) in [6.07, 6.45) is 1.23. The summed E-state index contributed by atoms with van der Waals surface area (Å²) in [6, 6.07) is 0. The van der Waals surface area contributed by atoms with E-state index in [0.29, 0.717) is 18.8 Å². The number of nitrogens with zero attached hydrogens (tertiary/aromatic N) is 3. The van der Waals surface area contributed by atoms with E-state index in [4.69, 9.17) is 5.11 Å². The number of carboxylic acids is 1. The lowest BCUT2D eigenvalue weighted by atomic mass is 10.2. The Labute approximate surface area is 111 Å². The fraction of sp³-hybridized carbons (Fsp3) is 0.500. The van der Waals surface area contributed by atoms with E-state index in [0.717, 1.165) is 0 Å². The maximum Gasteiger partial charge on any atom is 0.339 e. The summed E-state index contributed by atoms with van der Waals surface area (Å²) in [5.41, 5.74) is 0.418. The predicted molar refractivity (Wildman–Crippen MR) is 70.1 cm³/mol. The molecule has 7 nitrogen and oxygen atoms in total. The Balaban J connectivity index is 2.66. The normalized spacial score (nSPS) is 10.1. The van der Waals surface area contributed by atoms with Crippen LogP contribution in [-0.4, -0.2) is 51.5 Å². The van der Waals surface area contributed by atoms with Crippen molar-refractivity contribution in [2.24, 2.45) is 0 Å². The summed E-state index contributed by atoms with van der Waals surface area (Å²) < 4.78 is 0. The van der Waals surface area contributed by atoms with Crippen LogP contribution in [0.15, 0.2) is 6.20 Å². The molecule has 0 saturated carbocycles. The minimum absolute atomic E-state index is 0.0476. The molecule has 0 atom stereocenters. The zero-order valence-corrected chi connectivity index (χ0v) is 11.3. The largest absolute Gasteiger partial charge is 0.478 e. The van der Waals surface area contributed by atoms with Crippen LogP contribution < -0.4 is 5.32 Å². The van der Waals surface area contributed by atoms with Crippen molar-refractivity contribution in [3.8, 4) is 0 Å². The molecule has 0 radical (unpaired) electrons. The smallest absolute Gasteiger partial charge is 0.339 e. The number of amides is 1. The van der Waals surface area contributed by atoms with Gasteiger partial charge in [0.2, 0.25) is 11.9 Å². The summed E-state index contributed by atoms with van der Waals surface area (Å²) >= 11 is 0. The van der Waals surface area contributed by atoms with Gasteiger partial charge in [-0.15, -0.1) is 0 Å². The minimum atomic E-state index is -1.07. The van der Waals surface area contributed by atoms with Crippen molar-refractivity contribution in [1.29, 1.82) is 0 Å². The van der Waals surface area contributed by atoms with Crippen molar-refractivity contribution < 1.29 is 14.7 Å². The van der Waals surface area contributed by atoms with Crippen LogP contribution in [0.2, 0.25) is 0 Å². The molecule has 0 spiro atoms. The van der Waals surface area contributed by atoms with Gasteiger partial charge in [-0.25, -0.2) is 14.8 Å². The molecular formula is C12H18N4O3. The van der Waals surface area contributed by atoms with Crippen LogP contribution in [0.4, 0.5) is 5.95 Å². The van der Waals surface area contributed by atoms with E-state index in [2.05, 4.69) is 15.3 Å². The molecule has 0 aliphatic heterocycles. The van der Waals surface area contributed by atoms with Gasteiger partial charge in [-0.2, -0.15) is 0 Å². The lowest BCUT2D eigenvalue weighted by Gasteiger charge is -2.18. The standard InChI is InChI=1S/C12H18N4O3/c1-4-16(5-2)10(17)7-14-12-13-6-9(11(18)19)8(3)15-12/h6H,4-5,7H2,1-3H3,(H,18,19)(H,13,14,15). The third-order valence-corrected chi connectivity index (χ3v) is 2.72. The Hall–Kier alpha value is -2.18. The van der Waals surface area contributed by atoms with Crippen LogP contribution in [-0.2, 0) is 4.79 Å². The van der Waals surface area contributed by atoms with Gasteiger partial charge in [0.05, 0.1) is 17.8 Å². The van der Waals surface area contributed by atoms with Crippen LogP contribution in [0.25, 0.3) is 0 Å². The van der Waals surface area contributed by atoms with E-state index in [9.17, 15) is 9.59 Å². The van der Waals surface area contributed by atoms with E-state index < -0.39 is 5.97 Å². The molecule has 0 saturated heterocycles. The molecular weight excluding hydrogens is 248 g/mol. The SMILES string of the molecule is CCN(CC)C(=O)CNc1ncc(C(=O)O)c(C)n1. The minimum Gasteiger partial charge on any atom is -0.478 e. The highest BCUT2D eigenvalue weighted by atomic mass is 16.4. The number of anilines is 1. The van der Waals surface area contributed by atoms with Crippen molar-refractivity contribution in [3.63, 3.8) is 0 Å². The van der Waals surface area contributed by atoms with Crippen molar-refractivity contribution in [2.75, 3.05) is 25.0 Å². The first-order valence-corrected chi connectivity index (χ1v) is 6.08. The number of rotatable bonds is 6. The molecule has 0 fully saturated rings. The molecule has 0 aromatic carbocycles. The van der Waals surface area contributed by atoms with Gasteiger partial charge in [-0.05, 0) is 20.8 Å². The van der Waals surface area contributed by atoms with Crippen molar-refractivity contribution in [2.45, 2.75) is 20.8 Å². The molecule has 0 aliphatic rings. The first kappa shape index (κ1) is 14.9. The number of likely N-dealkylation sites (N-methyl/N-ethyl adjacent to an activating group) is 1. The Morgan fingerprint density at radius 2 is 2.00 bits per heavy atom. The van der Waals surface area contributed by atoms with E-state index >= 15 is 0 Å². The Kier molecular flexibility index (Phi) is 5.23. The number of nitrogens with one attached hydrogen (secondary N) is 1. The average Bonchev–Trinajstić information content (AvgIpc) is 2.37. The number of aromatic nitrogens is 2. The van der Waals surface area contributed by atoms with E-state index in [1.165, 1.54) is 6.20 Å². The lowest BCUT2D eigenvalue weighted by Crippen LogP contribution is -2.35. The first-order chi connectivity index (χ1) is 8.99. The van der Waals surface area contributed by atoms with Gasteiger partial charge < -0.3 is 15.3 Å². The molecule has 2 N–H and O–H groups in total. The number of aryl methyl sites for hydroxylation is 1. The summed E-state index contributed by atoms with van der Waals surface area (Å²) in [6.45, 7) is 6.78. The second kappa shape index (κ2) is 6.67. The zero-order valence-electron chi connectivity index (χ0n) is 11.3. The van der Waals surface area contributed by atoms with E-state index in [-0.39, 0.29) is 24.0 Å². The summed E-state index contributed by atoms with van der Waals surface area (Å²) in [7, 11) is 0. The lowest BCUT2D eigenvalue weighted by molar-refractivity contribution is -0.128. The number of carbonyl (C=O) groups excluding carboxylic acids is 1. The van der Waals surface area contributed by atoms with Crippen molar-refractivity contribution in [1.82, 2.24) is 14.9 Å². The Bertz CT molecular complexity index is 472. The van der Waals surface area contributed by atoms with E-state index in [1.54, 1.807) is 11.8 Å². The highest BCUT2D eigenvalue weighted by Gasteiger charge is 2.12. The third-order valence-electron chi connectivity index (χ3n) is 2.72. The first-order valence-electron chi connectivity index (χ1n) is 6.08. The molecule has 19 heavy (non-hydrogen) atoms. The van der Waals surface area contributed by atoms with Gasteiger partial charge in [0.1, 0.15) is 0 Å². The molecule has 104 valence electrons. The maximum atomic E-state index is 11.8. The molecule has 0 bridgehead atoms. The molecule has 0 unspecified atom stereocenters. The van der Waals surface area contributed by atoms with Gasteiger partial charge in [-0.3, -0.25) is 4.79 Å². The van der Waals surface area contributed by atoms with Gasteiger partial charge in [-0.1, -0.05) is 0 Å². The zero-order chi connectivity index (χ0) is 14.4. The highest BCUT2D eigenvalue weighted by Crippen LogP contribution is 2.06. The summed E-state index contributed by atoms with van der Waals surface area (Å²) in [4.78, 5) is 32.1. The molecule has 0 aliphatic carbocycles. The van der Waals surface area contributed by atoms with Crippen LogP contribution >= 0.6 is 0 Å². The Morgan fingerprint density at radius 1 is 1.37 bits per heavy atom. The van der Waals surface area contributed by atoms with Crippen LogP contribution in [0.3, 0.4) is 0 Å². The number of carbonyl (C=O) groups is 2. The van der Waals surface area contributed by atoms with Crippen LogP contribution in [0.5, 0.6) is 0 Å². The third kappa shape index (κ3) is 3.90. The number of carboxylic acid groups (broad SMARTS) is 1. The molecule has 1 aromatic rings. The van der Waals surface area contributed by atoms with Gasteiger partial charge in [0.15, 0.2) is 0 Å². The molecule has 1 aromatic heterocycles. The molecule has 1 rings (SSSR count). The molecule has 1 heterocycles. The number of hydrogen-bond acceptors (Lipinski definition) is 5. The highest BCUT2D eigenvalue weighted by molar-refractivity contribution is 5.88. The van der Waals surface area contributed by atoms with Gasteiger partial charge in [0, 0.05) is 19.3 Å².